The van der Waals surface area contributed by atoms with Gasteiger partial charge in [0.2, 0.25) is 0 Å². The van der Waals surface area contributed by atoms with Crippen LogP contribution < -0.4 is 0 Å². The number of esters is 1. The molecule has 0 aromatic rings. The highest BCUT2D eigenvalue weighted by molar-refractivity contribution is 5.69. The minimum absolute atomic E-state index is 0.104. The highest BCUT2D eigenvalue weighted by Crippen LogP contribution is 2.16. The van der Waals surface area contributed by atoms with Gasteiger partial charge in [-0.3, -0.25) is 4.79 Å². The standard InChI is InChI=1S/C29H58O5/c1-26(30)21-17-13-9-8-12-15-19-23-27(31)22-18-14-10-6-4-3-5-7-11-16-20-24-28(32)25-29(33)34-2/h26-28,30-32H,3-25H2,1-2H3. The van der Waals surface area contributed by atoms with Crippen molar-refractivity contribution in [1.29, 1.82) is 0 Å². The minimum atomic E-state index is -0.554. The monoisotopic (exact) mass is 486 g/mol. The quantitative estimate of drug-likeness (QED) is 0.0886. The van der Waals surface area contributed by atoms with Gasteiger partial charge in [0.25, 0.3) is 0 Å². The van der Waals surface area contributed by atoms with Crippen LogP contribution in [0.25, 0.3) is 0 Å². The Balaban J connectivity index is 3.23. The normalized spacial score (nSPS) is 14.1. The SMILES string of the molecule is COC(=O)CC(O)CCCCCCCCCCCCCC(O)CCCCCCCCCC(C)O. The smallest absolute Gasteiger partial charge is 0.308 e. The van der Waals surface area contributed by atoms with E-state index in [1.807, 2.05) is 6.92 Å². The van der Waals surface area contributed by atoms with Crippen molar-refractivity contribution in [1.82, 2.24) is 0 Å². The highest BCUT2D eigenvalue weighted by Gasteiger charge is 2.10. The van der Waals surface area contributed by atoms with E-state index < -0.39 is 6.10 Å². The van der Waals surface area contributed by atoms with Crippen LogP contribution in [0.5, 0.6) is 0 Å². The molecule has 0 aromatic carbocycles. The molecule has 0 amide bonds. The zero-order valence-electron chi connectivity index (χ0n) is 22.7. The predicted octanol–water partition coefficient (Wildman–Crippen LogP) is 7.23. The van der Waals surface area contributed by atoms with Gasteiger partial charge in [0.15, 0.2) is 0 Å². The summed E-state index contributed by atoms with van der Waals surface area (Å²) < 4.78 is 4.57. The summed E-state index contributed by atoms with van der Waals surface area (Å²) in [5.41, 5.74) is 0. The number of carbonyl (C=O) groups excluding carboxylic acids is 1. The van der Waals surface area contributed by atoms with Gasteiger partial charge in [0.1, 0.15) is 0 Å². The Morgan fingerprint density at radius 2 is 0.824 bits per heavy atom. The molecule has 3 unspecified atom stereocenters. The van der Waals surface area contributed by atoms with E-state index in [0.717, 1.165) is 51.4 Å². The lowest BCUT2D eigenvalue weighted by atomic mass is 10.0. The third kappa shape index (κ3) is 26.0. The Morgan fingerprint density at radius 3 is 1.15 bits per heavy atom. The Bertz CT molecular complexity index is 427. The van der Waals surface area contributed by atoms with E-state index in [0.29, 0.717) is 6.42 Å². The van der Waals surface area contributed by atoms with Crippen LogP contribution in [0.2, 0.25) is 0 Å². The molecule has 0 saturated carbocycles. The van der Waals surface area contributed by atoms with Gasteiger partial charge in [0.05, 0.1) is 31.8 Å². The first-order chi connectivity index (χ1) is 16.5. The first-order valence-electron chi connectivity index (χ1n) is 14.6. The third-order valence-electron chi connectivity index (χ3n) is 6.86. The average Bonchev–Trinajstić information content (AvgIpc) is 2.80. The summed E-state index contributed by atoms with van der Waals surface area (Å²) in [5, 5.41) is 29.1. The average molecular weight is 487 g/mol. The predicted molar refractivity (Wildman–Crippen MR) is 142 cm³/mol. The number of methoxy groups -OCH3 is 1. The summed E-state index contributed by atoms with van der Waals surface area (Å²) in [6.45, 7) is 1.87. The van der Waals surface area contributed by atoms with E-state index in [9.17, 15) is 20.1 Å². The van der Waals surface area contributed by atoms with Gasteiger partial charge in [-0.1, -0.05) is 116 Å². The molecule has 3 atom stereocenters. The Hall–Kier alpha value is -0.650. The summed E-state index contributed by atoms with van der Waals surface area (Å²) in [7, 11) is 1.36. The second kappa shape index (κ2) is 25.4. The van der Waals surface area contributed by atoms with E-state index >= 15 is 0 Å². The lowest BCUT2D eigenvalue weighted by Gasteiger charge is -2.10. The molecule has 0 rings (SSSR count). The van der Waals surface area contributed by atoms with E-state index in [4.69, 9.17) is 0 Å². The first kappa shape index (κ1) is 33.4. The summed E-state index contributed by atoms with van der Waals surface area (Å²) in [6.07, 6.45) is 25.0. The van der Waals surface area contributed by atoms with Gasteiger partial charge in [-0.2, -0.15) is 0 Å². The molecule has 0 aliphatic rings. The number of aliphatic hydroxyl groups is 3. The highest BCUT2D eigenvalue weighted by atomic mass is 16.5. The molecule has 0 aliphatic heterocycles. The maximum atomic E-state index is 11.1. The number of ether oxygens (including phenoxy) is 1. The first-order valence-corrected chi connectivity index (χ1v) is 14.6. The maximum absolute atomic E-state index is 11.1. The lowest BCUT2D eigenvalue weighted by molar-refractivity contribution is -0.142. The van der Waals surface area contributed by atoms with Gasteiger partial charge < -0.3 is 20.1 Å². The molecule has 0 fully saturated rings. The number of rotatable bonds is 26. The topological polar surface area (TPSA) is 87.0 Å². The molecule has 0 spiro atoms. The van der Waals surface area contributed by atoms with Crippen molar-refractivity contribution in [2.75, 3.05) is 7.11 Å². The van der Waals surface area contributed by atoms with E-state index in [-0.39, 0.29) is 24.6 Å². The van der Waals surface area contributed by atoms with Crippen LogP contribution in [0.4, 0.5) is 0 Å². The van der Waals surface area contributed by atoms with E-state index in [1.54, 1.807) is 0 Å². The second-order valence-electron chi connectivity index (χ2n) is 10.5. The fourth-order valence-corrected chi connectivity index (χ4v) is 4.58. The molecule has 0 aliphatic carbocycles. The summed E-state index contributed by atoms with van der Waals surface area (Å²) in [6, 6.07) is 0. The maximum Gasteiger partial charge on any atom is 0.308 e. The van der Waals surface area contributed by atoms with Gasteiger partial charge in [0, 0.05) is 0 Å². The molecule has 0 saturated heterocycles. The molecule has 0 radical (unpaired) electrons. The van der Waals surface area contributed by atoms with Crippen LogP contribution in [0.3, 0.4) is 0 Å². The van der Waals surface area contributed by atoms with Gasteiger partial charge in [-0.15, -0.1) is 0 Å². The molecule has 204 valence electrons. The van der Waals surface area contributed by atoms with Gasteiger partial charge in [-0.05, 0) is 32.6 Å². The largest absolute Gasteiger partial charge is 0.469 e. The Kier molecular flexibility index (Phi) is 25.0. The number of carbonyl (C=O) groups is 1. The lowest BCUT2D eigenvalue weighted by Crippen LogP contribution is -2.14. The number of unbranched alkanes of at least 4 members (excludes halogenated alkanes) is 16. The van der Waals surface area contributed by atoms with Crippen molar-refractivity contribution in [3.8, 4) is 0 Å². The van der Waals surface area contributed by atoms with Crippen LogP contribution in [0.1, 0.15) is 155 Å². The van der Waals surface area contributed by atoms with Crippen molar-refractivity contribution in [3.05, 3.63) is 0 Å². The number of aliphatic hydroxyl groups excluding tert-OH is 3. The molecule has 34 heavy (non-hydrogen) atoms. The molecule has 5 nitrogen and oxygen atoms in total. The van der Waals surface area contributed by atoms with Crippen LogP contribution in [0.15, 0.2) is 0 Å². The van der Waals surface area contributed by atoms with Crippen LogP contribution >= 0.6 is 0 Å². The fraction of sp³-hybridized carbons (Fsp3) is 0.966. The Morgan fingerprint density at radius 1 is 0.529 bits per heavy atom. The van der Waals surface area contributed by atoms with Gasteiger partial charge in [-0.25, -0.2) is 0 Å². The van der Waals surface area contributed by atoms with Crippen molar-refractivity contribution < 1.29 is 24.9 Å². The summed E-state index contributed by atoms with van der Waals surface area (Å²) in [5.74, 6) is -0.331. The molecule has 5 heteroatoms. The third-order valence-corrected chi connectivity index (χ3v) is 6.86. The molecule has 0 heterocycles. The minimum Gasteiger partial charge on any atom is -0.469 e. The molecular formula is C29H58O5. The van der Waals surface area contributed by atoms with Gasteiger partial charge >= 0.3 is 5.97 Å². The molecule has 0 bridgehead atoms. The summed E-state index contributed by atoms with van der Waals surface area (Å²) >= 11 is 0. The zero-order chi connectivity index (χ0) is 25.3. The molecular weight excluding hydrogens is 428 g/mol. The molecule has 0 aromatic heterocycles. The van der Waals surface area contributed by atoms with Crippen LogP contribution in [-0.4, -0.2) is 46.7 Å². The van der Waals surface area contributed by atoms with Crippen molar-refractivity contribution in [2.24, 2.45) is 0 Å². The second-order valence-corrected chi connectivity index (χ2v) is 10.5. The fourth-order valence-electron chi connectivity index (χ4n) is 4.58. The number of hydrogen-bond acceptors (Lipinski definition) is 5. The van der Waals surface area contributed by atoms with Crippen LogP contribution in [-0.2, 0) is 9.53 Å². The van der Waals surface area contributed by atoms with Crippen LogP contribution in [0, 0.1) is 0 Å². The Labute approximate surface area is 211 Å². The summed E-state index contributed by atoms with van der Waals surface area (Å²) in [4.78, 5) is 11.1. The zero-order valence-corrected chi connectivity index (χ0v) is 22.7. The van der Waals surface area contributed by atoms with Crippen molar-refractivity contribution >= 4 is 5.97 Å². The van der Waals surface area contributed by atoms with Crippen molar-refractivity contribution in [2.45, 2.75) is 173 Å². The molecule has 3 N–H and O–H groups in total. The number of hydrogen-bond donors (Lipinski definition) is 3. The van der Waals surface area contributed by atoms with E-state index in [1.165, 1.54) is 90.6 Å². The van der Waals surface area contributed by atoms with E-state index in [2.05, 4.69) is 4.74 Å². The van der Waals surface area contributed by atoms with Crippen molar-refractivity contribution in [3.63, 3.8) is 0 Å².